The van der Waals surface area contributed by atoms with Gasteiger partial charge in [-0.3, -0.25) is 4.79 Å². The number of anilines is 1. The van der Waals surface area contributed by atoms with E-state index in [-0.39, 0.29) is 11.7 Å². The van der Waals surface area contributed by atoms with Crippen LogP contribution >= 0.6 is 11.3 Å². The Bertz CT molecular complexity index is 767. The Balaban J connectivity index is 1.82. The smallest absolute Gasteiger partial charge is 0.265 e. The van der Waals surface area contributed by atoms with Gasteiger partial charge in [-0.2, -0.15) is 0 Å². The number of hydrogen-bond acceptors (Lipinski definition) is 2. The topological polar surface area (TPSA) is 29.1 Å². The molecule has 1 heterocycles. The molecule has 1 N–H and O–H groups in total. The van der Waals surface area contributed by atoms with E-state index in [4.69, 9.17) is 0 Å². The highest BCUT2D eigenvalue weighted by Crippen LogP contribution is 2.30. The van der Waals surface area contributed by atoms with Gasteiger partial charge in [0.15, 0.2) is 0 Å². The zero-order valence-electron chi connectivity index (χ0n) is 11.0. The summed E-state index contributed by atoms with van der Waals surface area (Å²) in [7, 11) is 0. The number of halogens is 1. The first-order chi connectivity index (χ1) is 10.2. The fourth-order valence-corrected chi connectivity index (χ4v) is 2.91. The molecule has 21 heavy (non-hydrogen) atoms. The minimum absolute atomic E-state index is 0.186. The van der Waals surface area contributed by atoms with Crippen LogP contribution in [0.25, 0.3) is 10.4 Å². The zero-order chi connectivity index (χ0) is 14.7. The lowest BCUT2D eigenvalue weighted by molar-refractivity contribution is 0.103. The van der Waals surface area contributed by atoms with E-state index >= 15 is 0 Å². The molecular formula is C17H12FNOS. The summed E-state index contributed by atoms with van der Waals surface area (Å²) in [5.41, 5.74) is 1.25. The van der Waals surface area contributed by atoms with Crippen molar-refractivity contribution in [3.8, 4) is 10.4 Å². The molecule has 0 fully saturated rings. The predicted octanol–water partition coefficient (Wildman–Crippen LogP) is 4.81. The molecule has 0 unspecified atom stereocenters. The third kappa shape index (κ3) is 3.01. The summed E-state index contributed by atoms with van der Waals surface area (Å²) in [6, 6.07) is 19.3. The zero-order valence-corrected chi connectivity index (χ0v) is 11.9. The van der Waals surface area contributed by atoms with Crippen molar-refractivity contribution in [2.45, 2.75) is 0 Å². The summed E-state index contributed by atoms with van der Waals surface area (Å²) in [6.45, 7) is 0. The van der Waals surface area contributed by atoms with Crippen LogP contribution in [0.2, 0.25) is 0 Å². The van der Waals surface area contributed by atoms with E-state index in [9.17, 15) is 9.18 Å². The molecule has 0 aliphatic rings. The van der Waals surface area contributed by atoms with Gasteiger partial charge in [0.2, 0.25) is 0 Å². The molecule has 0 aliphatic carbocycles. The number of hydrogen-bond donors (Lipinski definition) is 1. The molecule has 2 nitrogen and oxygen atoms in total. The second kappa shape index (κ2) is 5.89. The van der Waals surface area contributed by atoms with Gasteiger partial charge >= 0.3 is 0 Å². The standard InChI is InChI=1S/C17H12FNOS/c18-14-9-5-4-8-13(14)15-10-11-16(21-15)17(20)19-12-6-2-1-3-7-12/h1-11H,(H,19,20). The van der Waals surface area contributed by atoms with Crippen molar-refractivity contribution in [1.82, 2.24) is 0 Å². The Morgan fingerprint density at radius 1 is 0.905 bits per heavy atom. The average Bonchev–Trinajstić information content (AvgIpc) is 2.98. The van der Waals surface area contributed by atoms with Crippen LogP contribution in [-0.2, 0) is 0 Å². The van der Waals surface area contributed by atoms with Gasteiger partial charge in [-0.05, 0) is 30.3 Å². The predicted molar refractivity (Wildman–Crippen MR) is 84.1 cm³/mol. The molecule has 0 radical (unpaired) electrons. The van der Waals surface area contributed by atoms with E-state index in [1.54, 1.807) is 30.3 Å². The van der Waals surface area contributed by atoms with Gasteiger partial charge in [0.05, 0.1) is 4.88 Å². The highest BCUT2D eigenvalue weighted by Gasteiger charge is 2.12. The molecule has 3 aromatic rings. The number of carbonyl (C=O) groups excluding carboxylic acids is 1. The number of thiophene rings is 1. The molecule has 0 saturated heterocycles. The lowest BCUT2D eigenvalue weighted by Crippen LogP contribution is -2.09. The van der Waals surface area contributed by atoms with Gasteiger partial charge in [-0.1, -0.05) is 36.4 Å². The molecule has 0 saturated carbocycles. The van der Waals surface area contributed by atoms with Crippen LogP contribution in [0.3, 0.4) is 0 Å². The van der Waals surface area contributed by atoms with E-state index in [1.807, 2.05) is 30.3 Å². The van der Waals surface area contributed by atoms with Gasteiger partial charge in [-0.25, -0.2) is 4.39 Å². The third-order valence-corrected chi connectivity index (χ3v) is 4.12. The number of amides is 1. The summed E-state index contributed by atoms with van der Waals surface area (Å²) in [4.78, 5) is 13.4. The lowest BCUT2D eigenvalue weighted by atomic mass is 10.2. The van der Waals surface area contributed by atoms with Crippen LogP contribution in [0.15, 0.2) is 66.7 Å². The molecule has 104 valence electrons. The Kier molecular flexibility index (Phi) is 3.79. The van der Waals surface area contributed by atoms with Crippen LogP contribution in [-0.4, -0.2) is 5.91 Å². The van der Waals surface area contributed by atoms with E-state index in [0.29, 0.717) is 10.4 Å². The monoisotopic (exact) mass is 297 g/mol. The SMILES string of the molecule is O=C(Nc1ccccc1)c1ccc(-c2ccccc2F)s1. The van der Waals surface area contributed by atoms with Crippen LogP contribution in [0.4, 0.5) is 10.1 Å². The molecule has 0 atom stereocenters. The average molecular weight is 297 g/mol. The van der Waals surface area contributed by atoms with Crippen LogP contribution < -0.4 is 5.32 Å². The first kappa shape index (κ1) is 13.5. The number of carbonyl (C=O) groups is 1. The number of para-hydroxylation sites is 1. The van der Waals surface area contributed by atoms with Crippen molar-refractivity contribution < 1.29 is 9.18 Å². The minimum atomic E-state index is -0.283. The summed E-state index contributed by atoms with van der Waals surface area (Å²) in [5.74, 6) is -0.469. The lowest BCUT2D eigenvalue weighted by Gasteiger charge is -2.02. The van der Waals surface area contributed by atoms with E-state index in [2.05, 4.69) is 5.32 Å². The maximum atomic E-state index is 13.7. The van der Waals surface area contributed by atoms with Crippen molar-refractivity contribution >= 4 is 22.9 Å². The van der Waals surface area contributed by atoms with Gasteiger partial charge in [-0.15, -0.1) is 11.3 Å². The number of benzene rings is 2. The Morgan fingerprint density at radius 3 is 2.38 bits per heavy atom. The van der Waals surface area contributed by atoms with E-state index in [1.165, 1.54) is 17.4 Å². The van der Waals surface area contributed by atoms with Crippen molar-refractivity contribution in [3.05, 3.63) is 77.4 Å². The van der Waals surface area contributed by atoms with E-state index < -0.39 is 0 Å². The normalized spacial score (nSPS) is 10.3. The minimum Gasteiger partial charge on any atom is -0.321 e. The summed E-state index contributed by atoms with van der Waals surface area (Å²) < 4.78 is 13.7. The van der Waals surface area contributed by atoms with Crippen molar-refractivity contribution in [2.75, 3.05) is 5.32 Å². The summed E-state index contributed by atoms with van der Waals surface area (Å²) in [5, 5.41) is 2.82. The van der Waals surface area contributed by atoms with Crippen molar-refractivity contribution in [3.63, 3.8) is 0 Å². The van der Waals surface area contributed by atoms with Gasteiger partial charge < -0.3 is 5.32 Å². The van der Waals surface area contributed by atoms with Gasteiger partial charge in [0.1, 0.15) is 5.82 Å². The van der Waals surface area contributed by atoms with Gasteiger partial charge in [0, 0.05) is 16.1 Å². The molecule has 0 spiro atoms. The second-order valence-corrected chi connectivity index (χ2v) is 5.55. The van der Waals surface area contributed by atoms with Crippen LogP contribution in [0.1, 0.15) is 9.67 Å². The summed E-state index contributed by atoms with van der Waals surface area (Å²) in [6.07, 6.45) is 0. The fourth-order valence-electron chi connectivity index (χ4n) is 1.98. The fraction of sp³-hybridized carbons (Fsp3) is 0. The molecule has 0 aliphatic heterocycles. The molecule has 3 rings (SSSR count). The second-order valence-electron chi connectivity index (χ2n) is 4.46. The largest absolute Gasteiger partial charge is 0.321 e. The highest BCUT2D eigenvalue weighted by molar-refractivity contribution is 7.17. The van der Waals surface area contributed by atoms with Gasteiger partial charge in [0.25, 0.3) is 5.91 Å². The van der Waals surface area contributed by atoms with Crippen molar-refractivity contribution in [2.24, 2.45) is 0 Å². The summed E-state index contributed by atoms with van der Waals surface area (Å²) >= 11 is 1.28. The molecule has 1 aromatic heterocycles. The molecule has 2 aromatic carbocycles. The van der Waals surface area contributed by atoms with Crippen LogP contribution in [0, 0.1) is 5.82 Å². The van der Waals surface area contributed by atoms with Crippen LogP contribution in [0.5, 0.6) is 0 Å². The quantitative estimate of drug-likeness (QED) is 0.738. The number of rotatable bonds is 3. The Hall–Kier alpha value is -2.46. The number of nitrogens with one attached hydrogen (secondary N) is 1. The molecule has 0 bridgehead atoms. The highest BCUT2D eigenvalue weighted by atomic mass is 32.1. The maximum Gasteiger partial charge on any atom is 0.265 e. The molecule has 4 heteroatoms. The molecular weight excluding hydrogens is 285 g/mol. The molecule has 1 amide bonds. The Labute approximate surface area is 125 Å². The first-order valence-corrected chi connectivity index (χ1v) is 7.27. The third-order valence-electron chi connectivity index (χ3n) is 3.00. The maximum absolute atomic E-state index is 13.7. The Morgan fingerprint density at radius 2 is 1.62 bits per heavy atom. The van der Waals surface area contributed by atoms with Crippen molar-refractivity contribution in [1.29, 1.82) is 0 Å². The van der Waals surface area contributed by atoms with E-state index in [0.717, 1.165) is 10.6 Å². The first-order valence-electron chi connectivity index (χ1n) is 6.45.